The molecule has 0 aliphatic carbocycles. The molecule has 0 spiro atoms. The minimum atomic E-state index is -4.59. The number of hydrogen-bond acceptors (Lipinski definition) is 6. The van der Waals surface area contributed by atoms with E-state index in [0.29, 0.717) is 17.4 Å². The monoisotopic (exact) mass is 985 g/mol. The highest BCUT2D eigenvalue weighted by Crippen LogP contribution is 2.38. The number of aliphatic hydroxyl groups excluding tert-OH is 1. The van der Waals surface area contributed by atoms with Gasteiger partial charge >= 0.3 is 0 Å². The van der Waals surface area contributed by atoms with Crippen LogP contribution in [-0.4, -0.2) is 68.5 Å². The van der Waals surface area contributed by atoms with Crippen LogP contribution < -0.4 is 10.2 Å². The first-order valence-electron chi connectivity index (χ1n) is 28.4. The average molecular weight is 986 g/mol. The van der Waals surface area contributed by atoms with Crippen LogP contribution in [0.25, 0.3) is 0 Å². The maximum atomic E-state index is 12.9. The SMILES string of the molecule is CC/C=C\C/C=C\C/C=C\C/C=C\C/C=C\CCCCCCCCCCCCCCCCCCCCCCCCCC(=O)NC(COP(=O)([O-])OCC[N+](C)(C)C)C(O)/C=C/CC/C=C/CCCC. The van der Waals surface area contributed by atoms with Crippen LogP contribution in [0, 0.1) is 0 Å². The Hall–Kier alpha value is -2.32. The van der Waals surface area contributed by atoms with Crippen molar-refractivity contribution in [2.45, 2.75) is 251 Å². The van der Waals surface area contributed by atoms with E-state index < -0.39 is 26.6 Å². The van der Waals surface area contributed by atoms with Gasteiger partial charge in [0, 0.05) is 6.42 Å². The van der Waals surface area contributed by atoms with Crippen LogP contribution in [0.2, 0.25) is 0 Å². The van der Waals surface area contributed by atoms with E-state index in [2.05, 4.69) is 92.1 Å². The van der Waals surface area contributed by atoms with Crippen molar-refractivity contribution in [3.63, 3.8) is 0 Å². The van der Waals surface area contributed by atoms with Crippen molar-refractivity contribution < 1.29 is 32.9 Å². The zero-order chi connectivity index (χ0) is 50.6. The van der Waals surface area contributed by atoms with Gasteiger partial charge < -0.3 is 28.8 Å². The molecule has 3 unspecified atom stereocenters. The molecule has 1 amide bonds. The number of nitrogens with zero attached hydrogens (tertiary/aromatic N) is 1. The Labute approximate surface area is 426 Å². The lowest BCUT2D eigenvalue weighted by molar-refractivity contribution is -0.870. The molecule has 0 saturated heterocycles. The molecule has 0 aromatic carbocycles. The standard InChI is InChI=1S/C60H109N2O6P/c1-6-8-10-12-14-16-17-18-19-20-21-22-23-24-25-26-27-28-29-30-31-32-33-34-35-36-37-38-39-40-41-42-43-44-45-46-48-50-52-54-60(64)61-58(57-68-69(65,66)67-56-55-62(3,4)5)59(63)53-51-49-47-15-13-11-9-7-2/h8,10,13-16,18-19,21-22,24-25,51,53,58-59,63H,6-7,9,11-12,17,20,23,26-50,52,54-57H2,1-5H3,(H-,61,64,65,66)/b10-8-,15-13+,16-14-,19-18-,22-21-,25-24-,53-51+. The van der Waals surface area contributed by atoms with Crippen LogP contribution in [0.15, 0.2) is 85.1 Å². The summed E-state index contributed by atoms with van der Waals surface area (Å²) in [6.07, 6.45) is 71.4. The van der Waals surface area contributed by atoms with E-state index >= 15 is 0 Å². The molecule has 9 heteroatoms. The summed E-state index contributed by atoms with van der Waals surface area (Å²) in [5.74, 6) is -0.210. The van der Waals surface area contributed by atoms with Gasteiger partial charge in [0.1, 0.15) is 13.2 Å². The van der Waals surface area contributed by atoms with Crippen molar-refractivity contribution in [3.8, 4) is 0 Å². The first kappa shape index (κ1) is 66.7. The Morgan fingerprint density at radius 1 is 0.522 bits per heavy atom. The number of nitrogens with one attached hydrogen (secondary N) is 1. The maximum Gasteiger partial charge on any atom is 0.268 e. The van der Waals surface area contributed by atoms with Gasteiger partial charge in [-0.15, -0.1) is 0 Å². The summed E-state index contributed by atoms with van der Waals surface area (Å²) >= 11 is 0. The van der Waals surface area contributed by atoms with Crippen molar-refractivity contribution >= 4 is 13.7 Å². The lowest BCUT2D eigenvalue weighted by Crippen LogP contribution is -2.45. The third-order valence-corrected chi connectivity index (χ3v) is 13.3. The number of allylic oxidation sites excluding steroid dienone is 13. The average Bonchev–Trinajstić information content (AvgIpc) is 3.31. The third-order valence-electron chi connectivity index (χ3n) is 12.3. The normalized spacial score (nSPS) is 14.6. The van der Waals surface area contributed by atoms with E-state index in [1.165, 1.54) is 148 Å². The number of hydrogen-bond donors (Lipinski definition) is 2. The van der Waals surface area contributed by atoms with E-state index in [-0.39, 0.29) is 12.5 Å². The van der Waals surface area contributed by atoms with Gasteiger partial charge in [-0.1, -0.05) is 247 Å². The number of rotatable bonds is 51. The van der Waals surface area contributed by atoms with Gasteiger partial charge in [0.05, 0.1) is 39.9 Å². The molecule has 2 N–H and O–H groups in total. The molecule has 0 aromatic heterocycles. The number of likely N-dealkylation sites (N-methyl/N-ethyl adjacent to an activating group) is 1. The van der Waals surface area contributed by atoms with Crippen LogP contribution in [0.5, 0.6) is 0 Å². The number of aliphatic hydroxyl groups is 1. The second-order valence-electron chi connectivity index (χ2n) is 20.3. The summed E-state index contributed by atoms with van der Waals surface area (Å²) in [7, 11) is 1.24. The van der Waals surface area contributed by atoms with Gasteiger partial charge in [-0.05, 0) is 70.6 Å². The Morgan fingerprint density at radius 3 is 1.35 bits per heavy atom. The zero-order valence-electron chi connectivity index (χ0n) is 45.5. The van der Waals surface area contributed by atoms with E-state index in [4.69, 9.17) is 9.05 Å². The highest BCUT2D eigenvalue weighted by molar-refractivity contribution is 7.45. The van der Waals surface area contributed by atoms with Gasteiger partial charge in [-0.2, -0.15) is 0 Å². The minimum Gasteiger partial charge on any atom is -0.756 e. The second-order valence-corrected chi connectivity index (χ2v) is 21.7. The van der Waals surface area contributed by atoms with E-state index in [0.717, 1.165) is 70.6 Å². The Morgan fingerprint density at radius 2 is 0.899 bits per heavy atom. The number of amides is 1. The molecule has 0 aliphatic rings. The summed E-state index contributed by atoms with van der Waals surface area (Å²) < 4.78 is 23.1. The summed E-state index contributed by atoms with van der Waals surface area (Å²) in [5, 5.41) is 13.7. The van der Waals surface area contributed by atoms with Gasteiger partial charge in [0.2, 0.25) is 5.91 Å². The van der Waals surface area contributed by atoms with Gasteiger partial charge in [-0.3, -0.25) is 9.36 Å². The summed E-state index contributed by atoms with van der Waals surface area (Å²) in [5.41, 5.74) is 0. The molecule has 0 aliphatic heterocycles. The largest absolute Gasteiger partial charge is 0.756 e. The molecular weight excluding hydrogens is 876 g/mol. The van der Waals surface area contributed by atoms with E-state index in [9.17, 15) is 19.4 Å². The molecule has 0 aromatic rings. The molecule has 0 bridgehead atoms. The topological polar surface area (TPSA) is 108 Å². The molecule has 3 atom stereocenters. The maximum absolute atomic E-state index is 12.9. The second kappa shape index (κ2) is 50.6. The fourth-order valence-electron chi connectivity index (χ4n) is 7.89. The minimum absolute atomic E-state index is 0.00779. The highest BCUT2D eigenvalue weighted by atomic mass is 31.2. The van der Waals surface area contributed by atoms with Crippen molar-refractivity contribution in [2.24, 2.45) is 0 Å². The predicted octanol–water partition coefficient (Wildman–Crippen LogP) is 16.6. The number of quaternary nitrogens is 1. The van der Waals surface area contributed by atoms with Crippen LogP contribution in [0.4, 0.5) is 0 Å². The van der Waals surface area contributed by atoms with Crippen LogP contribution in [0.3, 0.4) is 0 Å². The van der Waals surface area contributed by atoms with E-state index in [1.807, 2.05) is 27.2 Å². The first-order valence-corrected chi connectivity index (χ1v) is 29.9. The van der Waals surface area contributed by atoms with Gasteiger partial charge in [0.15, 0.2) is 0 Å². The molecule has 69 heavy (non-hydrogen) atoms. The molecule has 400 valence electrons. The van der Waals surface area contributed by atoms with Crippen molar-refractivity contribution in [2.75, 3.05) is 40.9 Å². The van der Waals surface area contributed by atoms with Crippen molar-refractivity contribution in [3.05, 3.63) is 85.1 Å². The smallest absolute Gasteiger partial charge is 0.268 e. The van der Waals surface area contributed by atoms with Crippen LogP contribution >= 0.6 is 7.82 Å². The fraction of sp³-hybridized carbons (Fsp3) is 0.750. The number of carbonyl (C=O) groups excluding carboxylic acids is 1. The molecular formula is C60H109N2O6P. The highest BCUT2D eigenvalue weighted by Gasteiger charge is 2.23. The molecule has 0 radical (unpaired) electrons. The van der Waals surface area contributed by atoms with Crippen LogP contribution in [-0.2, 0) is 18.4 Å². The summed E-state index contributed by atoms with van der Waals surface area (Å²) in [4.78, 5) is 25.3. The Kier molecular flexibility index (Phi) is 48.9. The number of phosphoric acid groups is 1. The quantitative estimate of drug-likeness (QED) is 0.0272. The molecule has 8 nitrogen and oxygen atoms in total. The molecule has 0 fully saturated rings. The van der Waals surface area contributed by atoms with Crippen molar-refractivity contribution in [1.82, 2.24) is 5.32 Å². The predicted molar refractivity (Wildman–Crippen MR) is 297 cm³/mol. The van der Waals surface area contributed by atoms with Crippen molar-refractivity contribution in [1.29, 1.82) is 0 Å². The first-order chi connectivity index (χ1) is 33.5. The lowest BCUT2D eigenvalue weighted by atomic mass is 10.0. The summed E-state index contributed by atoms with van der Waals surface area (Å²) in [6.45, 7) is 4.43. The lowest BCUT2D eigenvalue weighted by Gasteiger charge is -2.29. The molecule has 0 heterocycles. The third kappa shape index (κ3) is 53.3. The van der Waals surface area contributed by atoms with Gasteiger partial charge in [-0.25, -0.2) is 0 Å². The van der Waals surface area contributed by atoms with Crippen LogP contribution in [0.1, 0.15) is 239 Å². The zero-order valence-corrected chi connectivity index (χ0v) is 46.4. The molecule has 0 rings (SSSR count). The fourth-order valence-corrected chi connectivity index (χ4v) is 8.61. The summed E-state index contributed by atoms with van der Waals surface area (Å²) in [6, 6.07) is -0.902. The Balaban J connectivity index is 3.82. The number of phosphoric ester groups is 1. The number of carbonyl (C=O) groups is 1. The van der Waals surface area contributed by atoms with E-state index in [1.54, 1.807) is 6.08 Å². The van der Waals surface area contributed by atoms with Gasteiger partial charge in [0.25, 0.3) is 7.82 Å². The Bertz CT molecular complexity index is 1400. The number of unbranched alkanes of at least 4 members (excludes halogenated alkanes) is 26. The molecule has 0 saturated carbocycles.